The lowest BCUT2D eigenvalue weighted by atomic mass is 10.0. The van der Waals surface area contributed by atoms with Crippen LogP contribution >= 0.6 is 0 Å². The highest BCUT2D eigenvalue weighted by atomic mass is 16.2. The number of benzene rings is 2. The third-order valence-electron chi connectivity index (χ3n) is 4.23. The van der Waals surface area contributed by atoms with Gasteiger partial charge in [-0.15, -0.1) is 0 Å². The molecule has 1 saturated heterocycles. The number of amides is 3. The Balaban J connectivity index is 1.67. The fraction of sp³-hybridized carbons (Fsp3) is 0.263. The van der Waals surface area contributed by atoms with Gasteiger partial charge in [0.05, 0.1) is 12.1 Å². The minimum atomic E-state index is -0.261. The van der Waals surface area contributed by atoms with Crippen molar-refractivity contribution in [1.29, 1.82) is 0 Å². The fourth-order valence-electron chi connectivity index (χ4n) is 2.94. The number of anilines is 1. The standard InChI is InChI=1S/C19H21N3O2/c1-13(14-7-3-2-4-8-14)20-19(24)22-16-10-6-5-9-15(16)17-11-12-18(23)21-17/h2-10,13,17H,11-12H2,1H3,(H,21,23)(H2,20,22,24)/t13-,17?/m0/s1. The first-order valence-electron chi connectivity index (χ1n) is 8.14. The van der Waals surface area contributed by atoms with Gasteiger partial charge >= 0.3 is 6.03 Å². The molecule has 1 aliphatic rings. The van der Waals surface area contributed by atoms with Crippen molar-refractivity contribution in [1.82, 2.24) is 10.6 Å². The molecule has 5 heteroatoms. The zero-order valence-corrected chi connectivity index (χ0v) is 13.6. The maximum Gasteiger partial charge on any atom is 0.319 e. The van der Waals surface area contributed by atoms with Crippen molar-refractivity contribution in [3.8, 4) is 0 Å². The third-order valence-corrected chi connectivity index (χ3v) is 4.23. The van der Waals surface area contributed by atoms with Crippen LogP contribution in [-0.4, -0.2) is 11.9 Å². The van der Waals surface area contributed by atoms with E-state index in [4.69, 9.17) is 0 Å². The second kappa shape index (κ2) is 7.17. The molecule has 3 amide bonds. The number of rotatable bonds is 4. The van der Waals surface area contributed by atoms with E-state index in [1.54, 1.807) is 0 Å². The van der Waals surface area contributed by atoms with Crippen molar-refractivity contribution in [2.24, 2.45) is 0 Å². The van der Waals surface area contributed by atoms with E-state index in [1.165, 1.54) is 0 Å². The number of hydrogen-bond donors (Lipinski definition) is 3. The lowest BCUT2D eigenvalue weighted by Crippen LogP contribution is -2.32. The van der Waals surface area contributed by atoms with Gasteiger partial charge in [0.2, 0.25) is 5.91 Å². The van der Waals surface area contributed by atoms with Crippen LogP contribution < -0.4 is 16.0 Å². The minimum absolute atomic E-state index is 0.0412. The summed E-state index contributed by atoms with van der Waals surface area (Å²) in [7, 11) is 0. The molecule has 0 radical (unpaired) electrons. The average molecular weight is 323 g/mol. The molecule has 5 nitrogen and oxygen atoms in total. The monoisotopic (exact) mass is 323 g/mol. The first kappa shape index (κ1) is 16.1. The van der Waals surface area contributed by atoms with Crippen LogP contribution in [0, 0.1) is 0 Å². The fourth-order valence-corrected chi connectivity index (χ4v) is 2.94. The molecule has 2 aromatic rings. The molecular formula is C19H21N3O2. The molecule has 0 bridgehead atoms. The first-order chi connectivity index (χ1) is 11.6. The third kappa shape index (κ3) is 3.74. The Hall–Kier alpha value is -2.82. The number of hydrogen-bond acceptors (Lipinski definition) is 2. The molecule has 0 spiro atoms. The number of carbonyl (C=O) groups excluding carboxylic acids is 2. The van der Waals surface area contributed by atoms with Gasteiger partial charge in [-0.05, 0) is 30.5 Å². The zero-order valence-electron chi connectivity index (χ0n) is 13.6. The van der Waals surface area contributed by atoms with E-state index in [1.807, 2.05) is 61.5 Å². The number of nitrogens with one attached hydrogen (secondary N) is 3. The van der Waals surface area contributed by atoms with Crippen LogP contribution in [0.1, 0.15) is 43.0 Å². The van der Waals surface area contributed by atoms with Crippen molar-refractivity contribution in [3.05, 3.63) is 65.7 Å². The topological polar surface area (TPSA) is 70.2 Å². The van der Waals surface area contributed by atoms with Gasteiger partial charge in [-0.3, -0.25) is 4.79 Å². The van der Waals surface area contributed by atoms with E-state index >= 15 is 0 Å². The lowest BCUT2D eigenvalue weighted by molar-refractivity contribution is -0.119. The van der Waals surface area contributed by atoms with Crippen molar-refractivity contribution >= 4 is 17.6 Å². The Morgan fingerprint density at radius 1 is 1.12 bits per heavy atom. The number of carbonyl (C=O) groups is 2. The predicted octanol–water partition coefficient (Wildman–Crippen LogP) is 3.52. The Morgan fingerprint density at radius 3 is 2.54 bits per heavy atom. The largest absolute Gasteiger partial charge is 0.349 e. The highest BCUT2D eigenvalue weighted by molar-refractivity contribution is 5.90. The average Bonchev–Trinajstić information content (AvgIpc) is 3.02. The summed E-state index contributed by atoms with van der Waals surface area (Å²) in [6.45, 7) is 1.94. The van der Waals surface area contributed by atoms with Crippen molar-refractivity contribution in [2.45, 2.75) is 31.8 Å². The molecule has 1 aliphatic heterocycles. The summed E-state index contributed by atoms with van der Waals surface area (Å²) >= 11 is 0. The molecule has 2 atom stereocenters. The highest BCUT2D eigenvalue weighted by Gasteiger charge is 2.24. The summed E-state index contributed by atoms with van der Waals surface area (Å²) in [5, 5.41) is 8.78. The van der Waals surface area contributed by atoms with Gasteiger partial charge in [0, 0.05) is 12.1 Å². The van der Waals surface area contributed by atoms with Gasteiger partial charge in [-0.1, -0.05) is 48.5 Å². The molecule has 0 saturated carbocycles. The van der Waals surface area contributed by atoms with Gasteiger partial charge in [0.1, 0.15) is 0 Å². The summed E-state index contributed by atoms with van der Waals surface area (Å²) in [5.41, 5.74) is 2.71. The van der Waals surface area contributed by atoms with Crippen molar-refractivity contribution < 1.29 is 9.59 Å². The summed E-state index contributed by atoms with van der Waals surface area (Å²) < 4.78 is 0. The van der Waals surface area contributed by atoms with E-state index in [0.29, 0.717) is 6.42 Å². The molecule has 2 aromatic carbocycles. The number of para-hydroxylation sites is 1. The lowest BCUT2D eigenvalue weighted by Gasteiger charge is -2.18. The van der Waals surface area contributed by atoms with E-state index in [0.717, 1.165) is 23.2 Å². The maximum atomic E-state index is 12.3. The van der Waals surface area contributed by atoms with Gasteiger partial charge in [-0.25, -0.2) is 4.79 Å². The summed E-state index contributed by atoms with van der Waals surface area (Å²) in [4.78, 5) is 23.8. The van der Waals surface area contributed by atoms with E-state index < -0.39 is 0 Å². The molecule has 1 unspecified atom stereocenters. The molecule has 24 heavy (non-hydrogen) atoms. The van der Waals surface area contributed by atoms with Crippen molar-refractivity contribution in [3.63, 3.8) is 0 Å². The van der Waals surface area contributed by atoms with Gasteiger partial charge in [0.25, 0.3) is 0 Å². The maximum absolute atomic E-state index is 12.3. The van der Waals surface area contributed by atoms with Crippen molar-refractivity contribution in [2.75, 3.05) is 5.32 Å². The van der Waals surface area contributed by atoms with Crippen LogP contribution in [0.5, 0.6) is 0 Å². The summed E-state index contributed by atoms with van der Waals surface area (Å²) in [6.07, 6.45) is 1.27. The van der Waals surface area contributed by atoms with E-state index in [2.05, 4.69) is 16.0 Å². The Labute approximate surface area is 141 Å². The molecule has 1 heterocycles. The van der Waals surface area contributed by atoms with Gasteiger partial charge < -0.3 is 16.0 Å². The second-order valence-corrected chi connectivity index (χ2v) is 5.98. The van der Waals surface area contributed by atoms with Gasteiger partial charge in [-0.2, -0.15) is 0 Å². The van der Waals surface area contributed by atoms with Gasteiger partial charge in [0.15, 0.2) is 0 Å². The normalized spacial score (nSPS) is 17.9. The molecule has 3 N–H and O–H groups in total. The molecule has 0 aromatic heterocycles. The molecule has 3 rings (SSSR count). The molecule has 1 fully saturated rings. The Morgan fingerprint density at radius 2 is 1.83 bits per heavy atom. The van der Waals surface area contributed by atoms with E-state index in [9.17, 15) is 9.59 Å². The molecule has 124 valence electrons. The van der Waals surface area contributed by atoms with Crippen LogP contribution in [0.2, 0.25) is 0 Å². The Bertz CT molecular complexity index is 730. The summed E-state index contributed by atoms with van der Waals surface area (Å²) in [5.74, 6) is 0.0527. The first-order valence-corrected chi connectivity index (χ1v) is 8.14. The highest BCUT2D eigenvalue weighted by Crippen LogP contribution is 2.29. The molecular weight excluding hydrogens is 302 g/mol. The SMILES string of the molecule is C[C@H](NC(=O)Nc1ccccc1C1CCC(=O)N1)c1ccccc1. The predicted molar refractivity (Wildman–Crippen MR) is 93.6 cm³/mol. The van der Waals surface area contributed by atoms with Crippen LogP contribution in [0.3, 0.4) is 0 Å². The summed E-state index contributed by atoms with van der Waals surface area (Å²) in [6, 6.07) is 17.0. The van der Waals surface area contributed by atoms with E-state index in [-0.39, 0.29) is 24.0 Å². The Kier molecular flexibility index (Phi) is 4.79. The quantitative estimate of drug-likeness (QED) is 0.805. The van der Waals surface area contributed by atoms with Crippen LogP contribution in [0.4, 0.5) is 10.5 Å². The number of urea groups is 1. The van der Waals surface area contributed by atoms with Crippen LogP contribution in [0.15, 0.2) is 54.6 Å². The second-order valence-electron chi connectivity index (χ2n) is 5.98. The zero-order chi connectivity index (χ0) is 16.9. The van der Waals surface area contributed by atoms with Crippen LogP contribution in [-0.2, 0) is 4.79 Å². The molecule has 0 aliphatic carbocycles. The van der Waals surface area contributed by atoms with Crippen LogP contribution in [0.25, 0.3) is 0 Å². The smallest absolute Gasteiger partial charge is 0.319 e. The minimum Gasteiger partial charge on any atom is -0.349 e.